The maximum absolute atomic E-state index is 11.5. The maximum Gasteiger partial charge on any atom is 0.319 e. The van der Waals surface area contributed by atoms with E-state index in [2.05, 4.69) is 15.1 Å². The molecular weight excluding hydrogens is 502 g/mol. The van der Waals surface area contributed by atoms with Crippen LogP contribution in [0.5, 0.6) is 17.5 Å². The van der Waals surface area contributed by atoms with Gasteiger partial charge in [0.1, 0.15) is 18.1 Å². The molecule has 8 heteroatoms. The van der Waals surface area contributed by atoms with Crippen LogP contribution in [0.15, 0.2) is 48.5 Å². The van der Waals surface area contributed by atoms with E-state index in [4.69, 9.17) is 14.7 Å². The van der Waals surface area contributed by atoms with Gasteiger partial charge in [0.2, 0.25) is 0 Å². The average Bonchev–Trinajstić information content (AvgIpc) is 3.65. The minimum Gasteiger partial charge on any atom is -0.508 e. The third-order valence-corrected chi connectivity index (χ3v) is 9.21. The molecule has 5 heterocycles. The Balaban J connectivity index is 1.23. The van der Waals surface area contributed by atoms with Crippen molar-refractivity contribution in [3.8, 4) is 28.6 Å². The van der Waals surface area contributed by atoms with Crippen LogP contribution >= 0.6 is 0 Å². The molecule has 4 saturated heterocycles. The number of hydrogen-bond donors (Lipinski definition) is 3. The highest BCUT2D eigenvalue weighted by Gasteiger charge is 2.45. The highest BCUT2D eigenvalue weighted by Crippen LogP contribution is 2.40. The Kier molecular flexibility index (Phi) is 6.60. The van der Waals surface area contributed by atoms with E-state index in [9.17, 15) is 10.2 Å². The topological polar surface area (TPSA) is 94.0 Å². The van der Waals surface area contributed by atoms with Crippen molar-refractivity contribution in [2.45, 2.75) is 56.1 Å². The van der Waals surface area contributed by atoms with Crippen molar-refractivity contribution >= 4 is 18.0 Å². The SMILES string of the molecule is Oc1ccc(-c2ccccc2)c(/C=C/c2nc(OCC34CCCN3CCC4)nc(N3CC4CCC(C3)N4)c2O)c1. The van der Waals surface area contributed by atoms with Gasteiger partial charge < -0.3 is 25.2 Å². The molecule has 4 aliphatic rings. The largest absolute Gasteiger partial charge is 0.508 e. The molecule has 2 atom stereocenters. The molecule has 4 fully saturated rings. The third kappa shape index (κ3) is 4.80. The van der Waals surface area contributed by atoms with E-state index in [-0.39, 0.29) is 17.0 Å². The lowest BCUT2D eigenvalue weighted by molar-refractivity contribution is 0.107. The molecule has 208 valence electrons. The van der Waals surface area contributed by atoms with Crippen LogP contribution in [0.2, 0.25) is 0 Å². The van der Waals surface area contributed by atoms with E-state index in [0.717, 1.165) is 68.6 Å². The Morgan fingerprint density at radius 1 is 0.950 bits per heavy atom. The Bertz CT molecular complexity index is 1390. The fourth-order valence-corrected chi connectivity index (χ4v) is 7.21. The molecule has 0 aliphatic carbocycles. The number of nitrogens with one attached hydrogen (secondary N) is 1. The lowest BCUT2D eigenvalue weighted by atomic mass is 9.95. The van der Waals surface area contributed by atoms with Gasteiger partial charge in [-0.2, -0.15) is 9.97 Å². The van der Waals surface area contributed by atoms with Gasteiger partial charge >= 0.3 is 6.01 Å². The molecule has 0 radical (unpaired) electrons. The molecule has 3 N–H and O–H groups in total. The monoisotopic (exact) mass is 539 g/mol. The number of phenols is 1. The summed E-state index contributed by atoms with van der Waals surface area (Å²) in [7, 11) is 0. The van der Waals surface area contributed by atoms with Crippen molar-refractivity contribution in [1.82, 2.24) is 20.2 Å². The number of piperazine rings is 1. The van der Waals surface area contributed by atoms with Crippen molar-refractivity contribution in [3.05, 3.63) is 59.8 Å². The zero-order chi connectivity index (χ0) is 27.1. The van der Waals surface area contributed by atoms with Crippen molar-refractivity contribution in [2.75, 3.05) is 37.7 Å². The number of anilines is 1. The van der Waals surface area contributed by atoms with Gasteiger partial charge in [0.15, 0.2) is 11.6 Å². The van der Waals surface area contributed by atoms with Gasteiger partial charge in [-0.3, -0.25) is 4.90 Å². The molecule has 0 spiro atoms. The van der Waals surface area contributed by atoms with Crippen LogP contribution in [0.25, 0.3) is 23.3 Å². The van der Waals surface area contributed by atoms with E-state index >= 15 is 0 Å². The van der Waals surface area contributed by atoms with Crippen molar-refractivity contribution in [3.63, 3.8) is 0 Å². The minimum atomic E-state index is 0.0628. The fraction of sp³-hybridized carbons (Fsp3) is 0.438. The molecule has 3 aromatic rings. The summed E-state index contributed by atoms with van der Waals surface area (Å²) in [6.45, 7) is 4.43. The second-order valence-corrected chi connectivity index (χ2v) is 11.8. The second-order valence-electron chi connectivity index (χ2n) is 11.8. The molecule has 0 saturated carbocycles. The molecule has 40 heavy (non-hydrogen) atoms. The first-order valence-electron chi connectivity index (χ1n) is 14.6. The quantitative estimate of drug-likeness (QED) is 0.399. The van der Waals surface area contributed by atoms with E-state index in [1.807, 2.05) is 42.5 Å². The summed E-state index contributed by atoms with van der Waals surface area (Å²) in [6, 6.07) is 16.5. The molecule has 4 aliphatic heterocycles. The third-order valence-electron chi connectivity index (χ3n) is 9.21. The Hall–Kier alpha value is -3.62. The number of hydrogen-bond acceptors (Lipinski definition) is 8. The van der Waals surface area contributed by atoms with Crippen LogP contribution in [-0.4, -0.2) is 75.5 Å². The molecule has 1 aromatic heterocycles. The Morgan fingerprint density at radius 2 is 1.70 bits per heavy atom. The van der Waals surface area contributed by atoms with Crippen LogP contribution in [0.4, 0.5) is 5.82 Å². The van der Waals surface area contributed by atoms with Crippen molar-refractivity contribution < 1.29 is 14.9 Å². The van der Waals surface area contributed by atoms with Crippen molar-refractivity contribution in [2.24, 2.45) is 0 Å². The van der Waals surface area contributed by atoms with Gasteiger partial charge in [0, 0.05) is 25.2 Å². The summed E-state index contributed by atoms with van der Waals surface area (Å²) in [5.74, 6) is 0.784. The Morgan fingerprint density at radius 3 is 2.45 bits per heavy atom. The lowest BCUT2D eigenvalue weighted by Crippen LogP contribution is -2.51. The summed E-state index contributed by atoms with van der Waals surface area (Å²) in [5.41, 5.74) is 3.37. The van der Waals surface area contributed by atoms with Crippen LogP contribution in [-0.2, 0) is 0 Å². The number of fused-ring (bicyclic) bond motifs is 3. The average molecular weight is 540 g/mol. The second kappa shape index (κ2) is 10.4. The molecule has 2 unspecified atom stereocenters. The number of ether oxygens (including phenoxy) is 1. The summed E-state index contributed by atoms with van der Waals surface area (Å²) in [6.07, 6.45) is 10.7. The van der Waals surface area contributed by atoms with Gasteiger partial charge in [-0.05, 0) is 86.5 Å². The number of aromatic nitrogens is 2. The Labute approximate surface area is 235 Å². The summed E-state index contributed by atoms with van der Waals surface area (Å²) < 4.78 is 6.36. The van der Waals surface area contributed by atoms with Crippen LogP contribution in [0.1, 0.15) is 49.8 Å². The first-order valence-corrected chi connectivity index (χ1v) is 14.6. The van der Waals surface area contributed by atoms with Gasteiger partial charge in [-0.1, -0.05) is 42.5 Å². The van der Waals surface area contributed by atoms with E-state index < -0.39 is 0 Å². The standard InChI is InChI=1S/C32H37N5O3/c38-26-11-12-27(22-6-2-1-3-7-22)23(18-26)8-13-28-29(39)30(36-19-24-9-10-25(20-36)33-24)35-31(34-28)40-21-32-14-4-16-37(32)17-5-15-32/h1-3,6-8,11-13,18,24-25,33,38-39H,4-5,9-10,14-17,19-21H2/b13-8+. The normalized spacial score (nSPS) is 23.6. The van der Waals surface area contributed by atoms with Crippen LogP contribution < -0.4 is 15.0 Å². The molecule has 8 nitrogen and oxygen atoms in total. The predicted octanol–water partition coefficient (Wildman–Crippen LogP) is 4.67. The van der Waals surface area contributed by atoms with E-state index in [1.54, 1.807) is 18.2 Å². The highest BCUT2D eigenvalue weighted by atomic mass is 16.5. The summed E-state index contributed by atoms with van der Waals surface area (Å²) in [4.78, 5) is 14.2. The number of aromatic hydroxyl groups is 2. The fourth-order valence-electron chi connectivity index (χ4n) is 7.21. The van der Waals surface area contributed by atoms with Crippen LogP contribution in [0, 0.1) is 0 Å². The molecular formula is C32H37N5O3. The highest BCUT2D eigenvalue weighted by molar-refractivity contribution is 5.82. The number of benzene rings is 2. The van der Waals surface area contributed by atoms with Gasteiger partial charge in [-0.25, -0.2) is 0 Å². The van der Waals surface area contributed by atoms with E-state index in [0.29, 0.717) is 36.2 Å². The number of rotatable bonds is 7. The number of phenolic OH excluding ortho intramolecular Hbond substituents is 1. The molecule has 0 amide bonds. The first-order chi connectivity index (χ1) is 19.6. The summed E-state index contributed by atoms with van der Waals surface area (Å²) in [5, 5.41) is 25.4. The van der Waals surface area contributed by atoms with Crippen LogP contribution in [0.3, 0.4) is 0 Å². The van der Waals surface area contributed by atoms with Gasteiger partial charge in [0.05, 0.1) is 5.54 Å². The van der Waals surface area contributed by atoms with Gasteiger partial charge in [0.25, 0.3) is 0 Å². The van der Waals surface area contributed by atoms with Crippen molar-refractivity contribution in [1.29, 1.82) is 0 Å². The lowest BCUT2D eigenvalue weighted by Gasteiger charge is -2.34. The zero-order valence-corrected chi connectivity index (χ0v) is 22.8. The number of nitrogens with zero attached hydrogens (tertiary/aromatic N) is 4. The van der Waals surface area contributed by atoms with Gasteiger partial charge in [-0.15, -0.1) is 0 Å². The maximum atomic E-state index is 11.5. The minimum absolute atomic E-state index is 0.0628. The first kappa shape index (κ1) is 25.4. The molecule has 2 bridgehead atoms. The predicted molar refractivity (Wildman–Crippen MR) is 157 cm³/mol. The molecule has 2 aromatic carbocycles. The summed E-state index contributed by atoms with van der Waals surface area (Å²) >= 11 is 0. The van der Waals surface area contributed by atoms with E-state index in [1.165, 1.54) is 12.8 Å². The zero-order valence-electron chi connectivity index (χ0n) is 22.8. The molecule has 7 rings (SSSR count). The smallest absolute Gasteiger partial charge is 0.319 e.